The minimum absolute atomic E-state index is 0.00542. The van der Waals surface area contributed by atoms with E-state index >= 15 is 0 Å². The Labute approximate surface area is 91.0 Å². The normalized spacial score (nSPS) is 17.8. The van der Waals surface area contributed by atoms with Crippen molar-refractivity contribution < 1.29 is 23.0 Å². The molecule has 1 atom stereocenters. The predicted octanol–water partition coefficient (Wildman–Crippen LogP) is 2.00. The van der Waals surface area contributed by atoms with Crippen molar-refractivity contribution in [3.63, 3.8) is 0 Å². The van der Waals surface area contributed by atoms with Gasteiger partial charge in [0.15, 0.2) is 0 Å². The second-order valence-corrected chi connectivity index (χ2v) is 3.42. The number of benzene rings is 1. The molecule has 1 aliphatic heterocycles. The maximum absolute atomic E-state index is 13.5. The quantitative estimate of drug-likeness (QED) is 0.726. The number of ether oxygens (including phenoxy) is 2. The van der Waals surface area contributed by atoms with E-state index in [0.29, 0.717) is 0 Å². The average Bonchev–Trinajstić information content (AvgIpc) is 2.61. The number of esters is 1. The molecule has 86 valence electrons. The zero-order valence-corrected chi connectivity index (χ0v) is 8.63. The lowest BCUT2D eigenvalue weighted by Crippen LogP contribution is -2.17. The number of carbonyl (C=O) groups excluding carboxylic acids is 1. The Morgan fingerprint density at radius 3 is 3.00 bits per heavy atom. The van der Waals surface area contributed by atoms with Crippen molar-refractivity contribution in [2.75, 3.05) is 13.2 Å². The predicted molar refractivity (Wildman–Crippen MR) is 51.2 cm³/mol. The van der Waals surface area contributed by atoms with Crippen molar-refractivity contribution in [2.45, 2.75) is 12.8 Å². The molecule has 3 nitrogen and oxygen atoms in total. The molecule has 0 aliphatic carbocycles. The molecule has 1 unspecified atom stereocenters. The maximum Gasteiger partial charge on any atom is 0.317 e. The molecule has 16 heavy (non-hydrogen) atoms. The molecule has 0 N–H and O–H groups in total. The summed E-state index contributed by atoms with van der Waals surface area (Å²) in [6, 6.07) is 1.80. The molecule has 0 bridgehead atoms. The van der Waals surface area contributed by atoms with E-state index in [1.54, 1.807) is 6.92 Å². The van der Waals surface area contributed by atoms with Crippen LogP contribution in [0.4, 0.5) is 8.78 Å². The summed E-state index contributed by atoms with van der Waals surface area (Å²) in [7, 11) is 0. The molecule has 1 heterocycles. The highest BCUT2D eigenvalue weighted by Gasteiger charge is 2.35. The second kappa shape index (κ2) is 4.08. The molecular formula is C11H10F2O3. The average molecular weight is 228 g/mol. The second-order valence-electron chi connectivity index (χ2n) is 3.42. The Hall–Kier alpha value is -1.65. The molecule has 0 amide bonds. The molecule has 0 fully saturated rings. The van der Waals surface area contributed by atoms with E-state index in [1.165, 1.54) is 0 Å². The summed E-state index contributed by atoms with van der Waals surface area (Å²) in [4.78, 5) is 11.5. The van der Waals surface area contributed by atoms with Gasteiger partial charge in [-0.15, -0.1) is 0 Å². The van der Waals surface area contributed by atoms with Crippen LogP contribution in [0.2, 0.25) is 0 Å². The lowest BCUT2D eigenvalue weighted by Gasteiger charge is -2.08. The Morgan fingerprint density at radius 2 is 2.31 bits per heavy atom. The number of fused-ring (bicyclic) bond motifs is 1. The van der Waals surface area contributed by atoms with Crippen LogP contribution in [0, 0.1) is 11.6 Å². The molecule has 0 spiro atoms. The van der Waals surface area contributed by atoms with Crippen molar-refractivity contribution in [1.82, 2.24) is 0 Å². The van der Waals surface area contributed by atoms with Gasteiger partial charge in [0.2, 0.25) is 0 Å². The number of halogens is 2. The summed E-state index contributed by atoms with van der Waals surface area (Å²) in [5.74, 6) is -2.76. The fraction of sp³-hybridized carbons (Fsp3) is 0.364. The van der Waals surface area contributed by atoms with Crippen molar-refractivity contribution in [3.05, 3.63) is 29.3 Å². The SMILES string of the molecule is CCOC(=O)C1COc2cc(F)cc(F)c21. The van der Waals surface area contributed by atoms with Crippen molar-refractivity contribution in [3.8, 4) is 5.75 Å². The first-order chi connectivity index (χ1) is 7.63. The van der Waals surface area contributed by atoms with Gasteiger partial charge in [0, 0.05) is 17.7 Å². The Kier molecular flexibility index (Phi) is 2.77. The maximum atomic E-state index is 13.5. The molecule has 1 aromatic rings. The summed E-state index contributed by atoms with van der Waals surface area (Å²) < 4.78 is 36.2. The van der Waals surface area contributed by atoms with E-state index in [-0.39, 0.29) is 24.5 Å². The Bertz CT molecular complexity index is 431. The molecule has 1 aliphatic rings. The first-order valence-electron chi connectivity index (χ1n) is 4.92. The van der Waals surface area contributed by atoms with Gasteiger partial charge in [-0.3, -0.25) is 4.79 Å². The number of hydrogen-bond acceptors (Lipinski definition) is 3. The fourth-order valence-corrected chi connectivity index (χ4v) is 1.70. The van der Waals surface area contributed by atoms with E-state index in [1.807, 2.05) is 0 Å². The van der Waals surface area contributed by atoms with Crippen LogP contribution in [0.1, 0.15) is 18.4 Å². The third kappa shape index (κ3) is 1.73. The van der Waals surface area contributed by atoms with Crippen LogP contribution in [0.25, 0.3) is 0 Å². The standard InChI is InChI=1S/C11H10F2O3/c1-2-15-11(14)7-5-16-9-4-6(12)3-8(13)10(7)9/h3-4,7H,2,5H2,1H3. The van der Waals surface area contributed by atoms with Gasteiger partial charge < -0.3 is 9.47 Å². The molecule has 1 aromatic carbocycles. The number of carbonyl (C=O) groups is 1. The van der Waals surface area contributed by atoms with Crippen LogP contribution in [0.3, 0.4) is 0 Å². The number of hydrogen-bond donors (Lipinski definition) is 0. The number of rotatable bonds is 2. The van der Waals surface area contributed by atoms with E-state index in [9.17, 15) is 13.6 Å². The summed E-state index contributed by atoms with van der Waals surface area (Å²) in [6.07, 6.45) is 0. The van der Waals surface area contributed by atoms with Crippen LogP contribution < -0.4 is 4.74 Å². The Balaban J connectivity index is 2.36. The van der Waals surface area contributed by atoms with Gasteiger partial charge in [0.05, 0.1) is 6.61 Å². The lowest BCUT2D eigenvalue weighted by atomic mass is 10.0. The van der Waals surface area contributed by atoms with Crippen molar-refractivity contribution in [1.29, 1.82) is 0 Å². The highest BCUT2D eigenvalue weighted by molar-refractivity contribution is 5.80. The van der Waals surface area contributed by atoms with Crippen LogP contribution in [-0.2, 0) is 9.53 Å². The third-order valence-corrected chi connectivity index (χ3v) is 2.38. The smallest absolute Gasteiger partial charge is 0.317 e. The first-order valence-corrected chi connectivity index (χ1v) is 4.92. The lowest BCUT2D eigenvalue weighted by molar-refractivity contribution is -0.145. The van der Waals surface area contributed by atoms with Gasteiger partial charge in [0.25, 0.3) is 0 Å². The largest absolute Gasteiger partial charge is 0.492 e. The van der Waals surface area contributed by atoms with Gasteiger partial charge in [-0.2, -0.15) is 0 Å². The van der Waals surface area contributed by atoms with E-state index in [0.717, 1.165) is 12.1 Å². The molecule has 0 radical (unpaired) electrons. The van der Waals surface area contributed by atoms with Crippen LogP contribution in [0.5, 0.6) is 5.75 Å². The van der Waals surface area contributed by atoms with Crippen molar-refractivity contribution >= 4 is 5.97 Å². The van der Waals surface area contributed by atoms with Crippen molar-refractivity contribution in [2.24, 2.45) is 0 Å². The summed E-state index contributed by atoms with van der Waals surface area (Å²) in [5.41, 5.74) is 0.0832. The highest BCUT2D eigenvalue weighted by Crippen LogP contribution is 2.37. The van der Waals surface area contributed by atoms with E-state index < -0.39 is 23.5 Å². The summed E-state index contributed by atoms with van der Waals surface area (Å²) in [6.45, 7) is 1.87. The van der Waals surface area contributed by atoms with Gasteiger partial charge in [-0.25, -0.2) is 8.78 Å². The van der Waals surface area contributed by atoms with Gasteiger partial charge in [-0.1, -0.05) is 0 Å². The monoisotopic (exact) mass is 228 g/mol. The van der Waals surface area contributed by atoms with Crippen LogP contribution >= 0.6 is 0 Å². The molecule has 0 saturated heterocycles. The molecule has 0 aromatic heterocycles. The van der Waals surface area contributed by atoms with Gasteiger partial charge in [-0.05, 0) is 6.92 Å². The first kappa shape index (κ1) is 10.9. The fourth-order valence-electron chi connectivity index (χ4n) is 1.70. The summed E-state index contributed by atoms with van der Waals surface area (Å²) in [5, 5.41) is 0. The molecule has 2 rings (SSSR count). The topological polar surface area (TPSA) is 35.5 Å². The zero-order chi connectivity index (χ0) is 11.7. The van der Waals surface area contributed by atoms with Gasteiger partial charge >= 0.3 is 5.97 Å². The van der Waals surface area contributed by atoms with Crippen LogP contribution in [0.15, 0.2) is 12.1 Å². The van der Waals surface area contributed by atoms with E-state index in [2.05, 4.69) is 0 Å². The minimum Gasteiger partial charge on any atom is -0.492 e. The highest BCUT2D eigenvalue weighted by atomic mass is 19.1. The molecule has 0 saturated carbocycles. The summed E-state index contributed by atoms with van der Waals surface area (Å²) >= 11 is 0. The minimum atomic E-state index is -0.796. The molecule has 5 heteroatoms. The van der Waals surface area contributed by atoms with Gasteiger partial charge in [0.1, 0.15) is 29.9 Å². The molecular weight excluding hydrogens is 218 g/mol. The van der Waals surface area contributed by atoms with E-state index in [4.69, 9.17) is 9.47 Å². The third-order valence-electron chi connectivity index (χ3n) is 2.38. The zero-order valence-electron chi connectivity index (χ0n) is 8.63. The Morgan fingerprint density at radius 1 is 1.56 bits per heavy atom. The van der Waals surface area contributed by atoms with Crippen LogP contribution in [-0.4, -0.2) is 19.2 Å².